The topological polar surface area (TPSA) is 15.3 Å². The molecular formula is C17H24N2. The van der Waals surface area contributed by atoms with Crippen molar-refractivity contribution in [3.63, 3.8) is 0 Å². The van der Waals surface area contributed by atoms with Crippen molar-refractivity contribution in [2.75, 3.05) is 19.6 Å². The average molecular weight is 256 g/mol. The highest BCUT2D eigenvalue weighted by Gasteiger charge is 2.34. The van der Waals surface area contributed by atoms with Crippen LogP contribution in [0.2, 0.25) is 0 Å². The molecule has 1 heterocycles. The zero-order valence-corrected chi connectivity index (χ0v) is 11.8. The summed E-state index contributed by atoms with van der Waals surface area (Å²) in [7, 11) is 0. The molecule has 0 amide bonds. The van der Waals surface area contributed by atoms with Crippen LogP contribution in [-0.2, 0) is 5.54 Å². The van der Waals surface area contributed by atoms with Gasteiger partial charge in [0.05, 0.1) is 5.54 Å². The van der Waals surface area contributed by atoms with Gasteiger partial charge in [-0.25, -0.2) is 0 Å². The highest BCUT2D eigenvalue weighted by Crippen LogP contribution is 2.28. The van der Waals surface area contributed by atoms with Gasteiger partial charge in [-0.3, -0.25) is 4.90 Å². The molecule has 102 valence electrons. The van der Waals surface area contributed by atoms with Gasteiger partial charge >= 0.3 is 0 Å². The molecule has 2 aliphatic rings. The van der Waals surface area contributed by atoms with E-state index in [1.807, 2.05) is 0 Å². The maximum atomic E-state index is 3.72. The summed E-state index contributed by atoms with van der Waals surface area (Å²) in [5.41, 5.74) is 1.51. The Balaban J connectivity index is 1.75. The first-order chi connectivity index (χ1) is 9.28. The Morgan fingerprint density at radius 3 is 2.79 bits per heavy atom. The van der Waals surface area contributed by atoms with Crippen LogP contribution in [0.3, 0.4) is 0 Å². The molecule has 2 unspecified atom stereocenters. The number of hydrogen-bond acceptors (Lipinski definition) is 2. The summed E-state index contributed by atoms with van der Waals surface area (Å²) < 4.78 is 0. The van der Waals surface area contributed by atoms with Crippen molar-refractivity contribution in [1.82, 2.24) is 10.2 Å². The van der Waals surface area contributed by atoms with Crippen molar-refractivity contribution < 1.29 is 0 Å². The van der Waals surface area contributed by atoms with Crippen LogP contribution in [0.25, 0.3) is 0 Å². The molecule has 1 aliphatic carbocycles. The fourth-order valence-corrected chi connectivity index (χ4v) is 3.44. The molecule has 2 atom stereocenters. The molecule has 2 heteroatoms. The number of rotatable bonds is 2. The lowest BCUT2D eigenvalue weighted by Gasteiger charge is -2.45. The number of piperazine rings is 1. The molecule has 0 aromatic heterocycles. The van der Waals surface area contributed by atoms with E-state index >= 15 is 0 Å². The first-order valence-corrected chi connectivity index (χ1v) is 7.47. The van der Waals surface area contributed by atoms with Crippen LogP contribution in [-0.4, -0.2) is 30.6 Å². The average Bonchev–Trinajstić information content (AvgIpc) is 2.49. The zero-order chi connectivity index (χ0) is 13.1. The second-order valence-corrected chi connectivity index (χ2v) is 6.03. The summed E-state index contributed by atoms with van der Waals surface area (Å²) in [6, 6.07) is 11.6. The van der Waals surface area contributed by atoms with Crippen molar-refractivity contribution in [1.29, 1.82) is 0 Å². The summed E-state index contributed by atoms with van der Waals surface area (Å²) in [6.07, 6.45) is 8.48. The van der Waals surface area contributed by atoms with Crippen LogP contribution in [0.5, 0.6) is 0 Å². The lowest BCUT2D eigenvalue weighted by atomic mass is 9.88. The molecule has 3 rings (SSSR count). The first-order valence-electron chi connectivity index (χ1n) is 7.47. The third kappa shape index (κ3) is 2.75. The van der Waals surface area contributed by atoms with Gasteiger partial charge < -0.3 is 5.32 Å². The molecule has 1 aromatic carbocycles. The standard InChI is InChI=1S/C17H24N2/c1-17(15-8-4-2-5-9-15)14-19(13-12-18-17)16-10-6-3-7-11-16/h2-6,8-9,16,18H,7,10-14H2,1H3. The van der Waals surface area contributed by atoms with Crippen LogP contribution < -0.4 is 5.32 Å². The fourth-order valence-electron chi connectivity index (χ4n) is 3.44. The molecule has 0 saturated carbocycles. The maximum Gasteiger partial charge on any atom is 0.0535 e. The molecule has 2 nitrogen and oxygen atoms in total. The summed E-state index contributed by atoms with van der Waals surface area (Å²) in [6.45, 7) is 5.73. The van der Waals surface area contributed by atoms with Gasteiger partial charge in [0.2, 0.25) is 0 Å². The van der Waals surface area contributed by atoms with Gasteiger partial charge in [-0.1, -0.05) is 42.5 Å². The predicted octanol–water partition coefficient (Wildman–Crippen LogP) is 2.92. The second kappa shape index (κ2) is 5.48. The van der Waals surface area contributed by atoms with Gasteiger partial charge in [-0.15, -0.1) is 0 Å². The van der Waals surface area contributed by atoms with E-state index in [0.29, 0.717) is 0 Å². The molecular weight excluding hydrogens is 232 g/mol. The molecule has 19 heavy (non-hydrogen) atoms. The Hall–Kier alpha value is -1.12. The van der Waals surface area contributed by atoms with Gasteiger partial charge in [-0.05, 0) is 31.7 Å². The third-order valence-corrected chi connectivity index (χ3v) is 4.60. The SMILES string of the molecule is CC1(c2ccccc2)CN(C2CC=CCC2)CCN1. The van der Waals surface area contributed by atoms with Crippen LogP contribution in [0.15, 0.2) is 42.5 Å². The van der Waals surface area contributed by atoms with Crippen LogP contribution in [0.4, 0.5) is 0 Å². The molecule has 0 spiro atoms. The van der Waals surface area contributed by atoms with E-state index in [9.17, 15) is 0 Å². The lowest BCUT2D eigenvalue weighted by Crippen LogP contribution is -2.59. The molecule has 1 aromatic rings. The van der Waals surface area contributed by atoms with Gasteiger partial charge in [0.15, 0.2) is 0 Å². The van der Waals surface area contributed by atoms with E-state index in [0.717, 1.165) is 19.1 Å². The third-order valence-electron chi connectivity index (χ3n) is 4.60. The zero-order valence-electron chi connectivity index (χ0n) is 11.8. The molecule has 1 N–H and O–H groups in total. The number of nitrogens with one attached hydrogen (secondary N) is 1. The molecule has 0 bridgehead atoms. The Morgan fingerprint density at radius 2 is 2.05 bits per heavy atom. The van der Waals surface area contributed by atoms with Crippen molar-refractivity contribution in [3.05, 3.63) is 48.0 Å². The Bertz CT molecular complexity index is 440. The monoisotopic (exact) mass is 256 g/mol. The number of nitrogens with zero attached hydrogens (tertiary/aromatic N) is 1. The minimum absolute atomic E-state index is 0.0979. The van der Waals surface area contributed by atoms with E-state index in [1.54, 1.807) is 0 Å². The van der Waals surface area contributed by atoms with Gasteiger partial charge in [0.25, 0.3) is 0 Å². The predicted molar refractivity (Wildman–Crippen MR) is 80.1 cm³/mol. The minimum atomic E-state index is 0.0979. The largest absolute Gasteiger partial charge is 0.305 e. The summed E-state index contributed by atoms with van der Waals surface area (Å²) in [5, 5.41) is 3.72. The van der Waals surface area contributed by atoms with Crippen LogP contribution in [0, 0.1) is 0 Å². The Morgan fingerprint density at radius 1 is 1.21 bits per heavy atom. The van der Waals surface area contributed by atoms with Crippen molar-refractivity contribution >= 4 is 0 Å². The van der Waals surface area contributed by atoms with Crippen molar-refractivity contribution in [2.24, 2.45) is 0 Å². The maximum absolute atomic E-state index is 3.72. The fraction of sp³-hybridized carbons (Fsp3) is 0.529. The summed E-state index contributed by atoms with van der Waals surface area (Å²) in [5.74, 6) is 0. The summed E-state index contributed by atoms with van der Waals surface area (Å²) >= 11 is 0. The van der Waals surface area contributed by atoms with E-state index in [2.05, 4.69) is 59.6 Å². The Labute approximate surface area is 116 Å². The second-order valence-electron chi connectivity index (χ2n) is 6.03. The quantitative estimate of drug-likeness (QED) is 0.819. The molecule has 1 fully saturated rings. The Kier molecular flexibility index (Phi) is 3.72. The lowest BCUT2D eigenvalue weighted by molar-refractivity contribution is 0.0940. The summed E-state index contributed by atoms with van der Waals surface area (Å²) in [4.78, 5) is 2.69. The van der Waals surface area contributed by atoms with Crippen LogP contribution in [0.1, 0.15) is 31.7 Å². The van der Waals surface area contributed by atoms with E-state index < -0.39 is 0 Å². The highest BCUT2D eigenvalue weighted by atomic mass is 15.2. The van der Waals surface area contributed by atoms with Crippen molar-refractivity contribution in [2.45, 2.75) is 37.8 Å². The molecule has 1 aliphatic heterocycles. The van der Waals surface area contributed by atoms with Gasteiger partial charge in [0, 0.05) is 25.7 Å². The van der Waals surface area contributed by atoms with Crippen LogP contribution >= 0.6 is 0 Å². The number of benzene rings is 1. The van der Waals surface area contributed by atoms with Crippen molar-refractivity contribution in [3.8, 4) is 0 Å². The van der Waals surface area contributed by atoms with Gasteiger partial charge in [-0.2, -0.15) is 0 Å². The number of allylic oxidation sites excluding steroid dienone is 1. The smallest absolute Gasteiger partial charge is 0.0535 e. The van der Waals surface area contributed by atoms with E-state index in [4.69, 9.17) is 0 Å². The number of hydrogen-bond donors (Lipinski definition) is 1. The van der Waals surface area contributed by atoms with E-state index in [-0.39, 0.29) is 5.54 Å². The first kappa shape index (κ1) is 12.9. The highest BCUT2D eigenvalue weighted by molar-refractivity contribution is 5.25. The van der Waals surface area contributed by atoms with Gasteiger partial charge in [0.1, 0.15) is 0 Å². The molecule has 1 saturated heterocycles. The minimum Gasteiger partial charge on any atom is -0.305 e. The molecule has 0 radical (unpaired) electrons. The van der Waals surface area contributed by atoms with E-state index in [1.165, 1.54) is 31.4 Å². The normalized spacial score (nSPS) is 32.4.